The Kier molecular flexibility index (Phi) is 6.86. The Labute approximate surface area is 148 Å². The summed E-state index contributed by atoms with van der Waals surface area (Å²) in [5, 5.41) is 3.18. The molecule has 0 aliphatic heterocycles. The Morgan fingerprint density at radius 2 is 1.83 bits per heavy atom. The van der Waals surface area contributed by atoms with Gasteiger partial charge in [-0.25, -0.2) is 0 Å². The van der Waals surface area contributed by atoms with Gasteiger partial charge in [0, 0.05) is 19.8 Å². The second-order valence-electron chi connectivity index (χ2n) is 6.07. The molecule has 2 amide bonds. The van der Waals surface area contributed by atoms with Gasteiger partial charge in [0.15, 0.2) is 0 Å². The van der Waals surface area contributed by atoms with Crippen LogP contribution in [0.1, 0.15) is 42.5 Å². The fourth-order valence-electron chi connectivity index (χ4n) is 2.67. The normalized spacial score (nSPS) is 16.2. The minimum absolute atomic E-state index is 0. The van der Waals surface area contributed by atoms with Crippen molar-refractivity contribution in [1.29, 1.82) is 0 Å². The molecule has 2 rings (SSSR count). The van der Waals surface area contributed by atoms with Gasteiger partial charge in [-0.3, -0.25) is 9.59 Å². The third-order valence-corrected chi connectivity index (χ3v) is 4.39. The van der Waals surface area contributed by atoms with E-state index in [-0.39, 0.29) is 24.2 Å². The number of benzene rings is 1. The molecule has 1 aliphatic carbocycles. The van der Waals surface area contributed by atoms with Crippen molar-refractivity contribution in [2.24, 2.45) is 5.73 Å². The molecular formula is C16H23Cl2N3O2. The number of nitrogens with one attached hydrogen (secondary N) is 1. The van der Waals surface area contributed by atoms with Crippen molar-refractivity contribution in [3.8, 4) is 0 Å². The number of hydrogen-bond donors (Lipinski definition) is 2. The summed E-state index contributed by atoms with van der Waals surface area (Å²) in [4.78, 5) is 25.9. The van der Waals surface area contributed by atoms with Gasteiger partial charge in [-0.05, 0) is 31.0 Å². The fourth-order valence-corrected chi connectivity index (χ4v) is 2.87. The van der Waals surface area contributed by atoms with Crippen molar-refractivity contribution in [3.63, 3.8) is 0 Å². The molecule has 0 unspecified atom stereocenters. The van der Waals surface area contributed by atoms with E-state index in [1.807, 2.05) is 0 Å². The summed E-state index contributed by atoms with van der Waals surface area (Å²) in [7, 11) is 3.31. The number of halogens is 2. The zero-order chi connectivity index (χ0) is 16.3. The first-order valence-corrected chi connectivity index (χ1v) is 7.83. The van der Waals surface area contributed by atoms with E-state index in [0.29, 0.717) is 29.1 Å². The molecule has 3 N–H and O–H groups in total. The van der Waals surface area contributed by atoms with Crippen molar-refractivity contribution in [3.05, 3.63) is 28.8 Å². The predicted octanol–water partition coefficient (Wildman–Crippen LogP) is 3.06. The molecule has 0 saturated heterocycles. The van der Waals surface area contributed by atoms with Crippen LogP contribution < -0.4 is 11.1 Å². The van der Waals surface area contributed by atoms with Crippen LogP contribution >= 0.6 is 24.0 Å². The Morgan fingerprint density at radius 1 is 1.22 bits per heavy atom. The van der Waals surface area contributed by atoms with Crippen LogP contribution in [-0.2, 0) is 4.79 Å². The molecule has 1 aliphatic rings. The van der Waals surface area contributed by atoms with E-state index in [4.69, 9.17) is 17.3 Å². The van der Waals surface area contributed by atoms with E-state index in [2.05, 4.69) is 5.32 Å². The smallest absolute Gasteiger partial charge is 0.254 e. The lowest BCUT2D eigenvalue weighted by Gasteiger charge is -2.31. The Balaban J connectivity index is 0.00000264. The zero-order valence-electron chi connectivity index (χ0n) is 13.4. The lowest BCUT2D eigenvalue weighted by Crippen LogP contribution is -2.52. The van der Waals surface area contributed by atoms with E-state index >= 15 is 0 Å². The van der Waals surface area contributed by atoms with Crippen LogP contribution in [0.25, 0.3) is 0 Å². The monoisotopic (exact) mass is 359 g/mol. The van der Waals surface area contributed by atoms with Gasteiger partial charge in [0.25, 0.3) is 5.91 Å². The zero-order valence-corrected chi connectivity index (χ0v) is 15.0. The lowest BCUT2D eigenvalue weighted by molar-refractivity contribution is -0.122. The molecule has 23 heavy (non-hydrogen) atoms. The van der Waals surface area contributed by atoms with E-state index in [0.717, 1.165) is 19.3 Å². The maximum Gasteiger partial charge on any atom is 0.254 e. The van der Waals surface area contributed by atoms with Crippen molar-refractivity contribution < 1.29 is 9.59 Å². The highest BCUT2D eigenvalue weighted by molar-refractivity contribution is 6.34. The predicted molar refractivity (Wildman–Crippen MR) is 95.4 cm³/mol. The maximum absolute atomic E-state index is 12.4. The first-order chi connectivity index (χ1) is 10.3. The number of rotatable bonds is 3. The standard InChI is InChI=1S/C16H22ClN3O2.ClH/c1-20(2)14(21)12-10-11(6-7-13(12)17)19-15(22)16(18)8-4-3-5-9-16;/h6-7,10H,3-5,8-9,18H2,1-2H3,(H,19,22);1H. The molecule has 0 aromatic heterocycles. The van der Waals surface area contributed by atoms with E-state index < -0.39 is 5.54 Å². The van der Waals surface area contributed by atoms with Gasteiger partial charge in [-0.1, -0.05) is 30.9 Å². The summed E-state index contributed by atoms with van der Waals surface area (Å²) >= 11 is 6.06. The Bertz CT molecular complexity index is 585. The van der Waals surface area contributed by atoms with Gasteiger partial charge >= 0.3 is 0 Å². The molecule has 1 aromatic rings. The first kappa shape index (κ1) is 19.7. The van der Waals surface area contributed by atoms with Crippen LogP contribution in [-0.4, -0.2) is 36.3 Å². The largest absolute Gasteiger partial charge is 0.345 e. The highest BCUT2D eigenvalue weighted by Gasteiger charge is 2.35. The van der Waals surface area contributed by atoms with Crippen LogP contribution in [0, 0.1) is 0 Å². The quantitative estimate of drug-likeness (QED) is 0.870. The van der Waals surface area contributed by atoms with Gasteiger partial charge in [0.1, 0.15) is 0 Å². The van der Waals surface area contributed by atoms with Crippen molar-refractivity contribution in [1.82, 2.24) is 4.90 Å². The number of carbonyl (C=O) groups excluding carboxylic acids is 2. The van der Waals surface area contributed by atoms with Gasteiger partial charge in [-0.15, -0.1) is 12.4 Å². The summed E-state index contributed by atoms with van der Waals surface area (Å²) in [6.07, 6.45) is 4.43. The van der Waals surface area contributed by atoms with E-state index in [1.165, 1.54) is 4.90 Å². The molecule has 128 valence electrons. The number of nitrogens with zero attached hydrogens (tertiary/aromatic N) is 1. The number of carbonyl (C=O) groups is 2. The average Bonchev–Trinajstić information content (AvgIpc) is 2.49. The number of nitrogens with two attached hydrogens (primary N) is 1. The molecule has 7 heteroatoms. The number of anilines is 1. The summed E-state index contributed by atoms with van der Waals surface area (Å²) < 4.78 is 0. The van der Waals surface area contributed by atoms with E-state index in [1.54, 1.807) is 32.3 Å². The van der Waals surface area contributed by atoms with E-state index in [9.17, 15) is 9.59 Å². The van der Waals surface area contributed by atoms with Crippen LogP contribution in [0.2, 0.25) is 5.02 Å². The van der Waals surface area contributed by atoms with Gasteiger partial charge in [0.2, 0.25) is 5.91 Å². The maximum atomic E-state index is 12.4. The minimum atomic E-state index is -0.816. The summed E-state index contributed by atoms with van der Waals surface area (Å²) in [5.41, 5.74) is 6.29. The molecule has 0 radical (unpaired) electrons. The number of amides is 2. The SMILES string of the molecule is CN(C)C(=O)c1cc(NC(=O)C2(N)CCCCC2)ccc1Cl.Cl. The summed E-state index contributed by atoms with van der Waals surface area (Å²) in [6, 6.07) is 4.88. The lowest BCUT2D eigenvalue weighted by atomic mass is 9.82. The third kappa shape index (κ3) is 4.59. The minimum Gasteiger partial charge on any atom is -0.345 e. The van der Waals surface area contributed by atoms with Crippen molar-refractivity contribution in [2.45, 2.75) is 37.6 Å². The number of hydrogen-bond acceptors (Lipinski definition) is 3. The average molecular weight is 360 g/mol. The third-order valence-electron chi connectivity index (χ3n) is 4.06. The fraction of sp³-hybridized carbons (Fsp3) is 0.500. The van der Waals surface area contributed by atoms with Crippen LogP contribution in [0.5, 0.6) is 0 Å². The first-order valence-electron chi connectivity index (χ1n) is 7.45. The summed E-state index contributed by atoms with van der Waals surface area (Å²) in [6.45, 7) is 0. The molecule has 0 heterocycles. The van der Waals surface area contributed by atoms with Crippen molar-refractivity contribution >= 4 is 41.5 Å². The van der Waals surface area contributed by atoms with Crippen LogP contribution in [0.4, 0.5) is 5.69 Å². The molecule has 1 aromatic carbocycles. The topological polar surface area (TPSA) is 75.4 Å². The van der Waals surface area contributed by atoms with Crippen LogP contribution in [0.15, 0.2) is 18.2 Å². The van der Waals surface area contributed by atoms with Gasteiger partial charge in [-0.2, -0.15) is 0 Å². The van der Waals surface area contributed by atoms with Gasteiger partial charge in [0.05, 0.1) is 16.1 Å². The highest BCUT2D eigenvalue weighted by Crippen LogP contribution is 2.28. The summed E-state index contributed by atoms with van der Waals surface area (Å²) in [5.74, 6) is -0.404. The Morgan fingerprint density at radius 3 is 2.39 bits per heavy atom. The molecule has 5 nitrogen and oxygen atoms in total. The molecule has 1 saturated carbocycles. The second kappa shape index (κ2) is 7.99. The molecular weight excluding hydrogens is 337 g/mol. The molecule has 0 spiro atoms. The van der Waals surface area contributed by atoms with Crippen molar-refractivity contribution in [2.75, 3.05) is 19.4 Å². The molecule has 1 fully saturated rings. The molecule has 0 bridgehead atoms. The Hall–Kier alpha value is -1.30. The van der Waals surface area contributed by atoms with Gasteiger partial charge < -0.3 is 16.0 Å². The van der Waals surface area contributed by atoms with Crippen LogP contribution in [0.3, 0.4) is 0 Å². The molecule has 0 atom stereocenters. The second-order valence-corrected chi connectivity index (χ2v) is 6.47. The highest BCUT2D eigenvalue weighted by atomic mass is 35.5.